The summed E-state index contributed by atoms with van der Waals surface area (Å²) >= 11 is 3.00. The maximum atomic E-state index is 12.3. The van der Waals surface area contributed by atoms with E-state index in [-0.39, 0.29) is 12.5 Å². The van der Waals surface area contributed by atoms with Crippen molar-refractivity contribution in [3.8, 4) is 11.8 Å². The average Bonchev–Trinajstić information content (AvgIpc) is 3.04. The van der Waals surface area contributed by atoms with E-state index in [4.69, 9.17) is 5.11 Å². The van der Waals surface area contributed by atoms with Crippen molar-refractivity contribution in [2.24, 2.45) is 0 Å². The Morgan fingerprint density at radius 1 is 1.45 bits per heavy atom. The van der Waals surface area contributed by atoms with Crippen molar-refractivity contribution in [2.45, 2.75) is 13.5 Å². The lowest BCUT2D eigenvalue weighted by atomic mass is 10.2. The molecule has 0 aromatic carbocycles. The van der Waals surface area contributed by atoms with Crippen LogP contribution < -0.4 is 0 Å². The van der Waals surface area contributed by atoms with Gasteiger partial charge in [0.1, 0.15) is 6.61 Å². The molecule has 1 amide bonds. The second-order valence-electron chi connectivity index (χ2n) is 4.37. The number of hydrogen-bond donors (Lipinski definition) is 1. The molecule has 0 bridgehead atoms. The van der Waals surface area contributed by atoms with Crippen LogP contribution >= 0.6 is 22.7 Å². The topological polar surface area (TPSA) is 40.5 Å². The lowest BCUT2D eigenvalue weighted by Gasteiger charge is -2.15. The predicted molar refractivity (Wildman–Crippen MR) is 83.1 cm³/mol. The normalized spacial score (nSPS) is 9.95. The van der Waals surface area contributed by atoms with E-state index in [0.717, 1.165) is 20.9 Å². The van der Waals surface area contributed by atoms with Gasteiger partial charge in [-0.25, -0.2) is 0 Å². The van der Waals surface area contributed by atoms with Gasteiger partial charge in [0.15, 0.2) is 0 Å². The number of carbonyl (C=O) groups excluding carboxylic acids is 1. The molecule has 0 unspecified atom stereocenters. The van der Waals surface area contributed by atoms with Crippen molar-refractivity contribution in [3.05, 3.63) is 43.8 Å². The van der Waals surface area contributed by atoms with E-state index in [2.05, 4.69) is 11.8 Å². The molecule has 3 nitrogen and oxygen atoms in total. The van der Waals surface area contributed by atoms with E-state index in [0.29, 0.717) is 6.54 Å². The fourth-order valence-corrected chi connectivity index (χ4v) is 3.45. The molecule has 104 valence electrons. The summed E-state index contributed by atoms with van der Waals surface area (Å²) in [4.78, 5) is 15.7. The molecule has 1 N–H and O–H groups in total. The molecule has 0 saturated carbocycles. The smallest absolute Gasteiger partial charge is 0.264 e. The quantitative estimate of drug-likeness (QED) is 0.886. The number of nitrogens with zero attached hydrogens (tertiary/aromatic N) is 1. The molecule has 0 atom stereocenters. The Kier molecular flexibility index (Phi) is 4.96. The number of amides is 1. The monoisotopic (exact) mass is 305 g/mol. The predicted octanol–water partition coefficient (Wildman–Crippen LogP) is 2.73. The zero-order valence-corrected chi connectivity index (χ0v) is 13.0. The molecule has 0 aliphatic heterocycles. The standard InChI is InChI=1S/C15H15NO2S2/c1-11-5-7-19-14(11)15(18)16(2)9-12-8-13(20-10-12)4-3-6-17/h5,7-8,10,17H,6,9H2,1-2H3. The molecule has 2 heterocycles. The van der Waals surface area contributed by atoms with E-state index in [1.807, 2.05) is 29.8 Å². The highest BCUT2D eigenvalue weighted by Gasteiger charge is 2.15. The second-order valence-corrected chi connectivity index (χ2v) is 6.20. The van der Waals surface area contributed by atoms with Crippen molar-refractivity contribution in [1.29, 1.82) is 0 Å². The molecular formula is C15H15NO2S2. The van der Waals surface area contributed by atoms with Gasteiger partial charge in [-0.1, -0.05) is 11.8 Å². The molecular weight excluding hydrogens is 290 g/mol. The Bertz CT molecular complexity index is 661. The lowest BCUT2D eigenvalue weighted by Crippen LogP contribution is -2.25. The van der Waals surface area contributed by atoms with Crippen LogP contribution in [0.25, 0.3) is 0 Å². The first-order valence-corrected chi connectivity index (χ1v) is 7.84. The van der Waals surface area contributed by atoms with Crippen LogP contribution in [0, 0.1) is 18.8 Å². The summed E-state index contributed by atoms with van der Waals surface area (Å²) in [6.45, 7) is 2.38. The first-order valence-electron chi connectivity index (χ1n) is 6.08. The van der Waals surface area contributed by atoms with Gasteiger partial charge in [-0.15, -0.1) is 22.7 Å². The van der Waals surface area contributed by atoms with Crippen LogP contribution in [0.1, 0.15) is 25.7 Å². The molecule has 0 saturated heterocycles. The van der Waals surface area contributed by atoms with Gasteiger partial charge in [0.2, 0.25) is 0 Å². The van der Waals surface area contributed by atoms with Crippen LogP contribution in [-0.2, 0) is 6.54 Å². The molecule has 0 fully saturated rings. The first-order chi connectivity index (χ1) is 9.61. The number of rotatable bonds is 3. The Hall–Kier alpha value is -1.61. The van der Waals surface area contributed by atoms with E-state index >= 15 is 0 Å². The Morgan fingerprint density at radius 3 is 2.90 bits per heavy atom. The Balaban J connectivity index is 2.04. The third kappa shape index (κ3) is 3.48. The summed E-state index contributed by atoms with van der Waals surface area (Å²) in [6.07, 6.45) is 0. The third-order valence-electron chi connectivity index (χ3n) is 2.77. The zero-order chi connectivity index (χ0) is 14.5. The summed E-state index contributed by atoms with van der Waals surface area (Å²) in [5.74, 6) is 5.54. The summed E-state index contributed by atoms with van der Waals surface area (Å²) in [5, 5.41) is 12.6. The summed E-state index contributed by atoms with van der Waals surface area (Å²) < 4.78 is 0. The van der Waals surface area contributed by atoms with Crippen molar-refractivity contribution in [3.63, 3.8) is 0 Å². The number of carbonyl (C=O) groups is 1. The molecule has 0 spiro atoms. The van der Waals surface area contributed by atoms with Gasteiger partial charge in [0, 0.05) is 13.6 Å². The summed E-state index contributed by atoms with van der Waals surface area (Å²) in [5.41, 5.74) is 2.08. The van der Waals surface area contributed by atoms with Crippen LogP contribution in [0.4, 0.5) is 0 Å². The lowest BCUT2D eigenvalue weighted by molar-refractivity contribution is 0.0789. The molecule has 2 aromatic rings. The minimum absolute atomic E-state index is 0.0479. The van der Waals surface area contributed by atoms with Crippen LogP contribution in [0.5, 0.6) is 0 Å². The van der Waals surface area contributed by atoms with Crippen molar-refractivity contribution in [2.75, 3.05) is 13.7 Å². The molecule has 0 radical (unpaired) electrons. The summed E-state index contributed by atoms with van der Waals surface area (Å²) in [7, 11) is 1.80. The van der Waals surface area contributed by atoms with Crippen molar-refractivity contribution in [1.82, 2.24) is 4.90 Å². The maximum Gasteiger partial charge on any atom is 0.264 e. The van der Waals surface area contributed by atoms with E-state index in [1.54, 1.807) is 11.9 Å². The van der Waals surface area contributed by atoms with Crippen molar-refractivity contribution >= 4 is 28.6 Å². The van der Waals surface area contributed by atoms with Gasteiger partial charge in [-0.2, -0.15) is 0 Å². The number of aryl methyl sites for hydroxylation is 1. The van der Waals surface area contributed by atoms with Gasteiger partial charge in [-0.3, -0.25) is 4.79 Å². The van der Waals surface area contributed by atoms with Gasteiger partial charge in [0.05, 0.1) is 9.75 Å². The minimum Gasteiger partial charge on any atom is -0.384 e. The molecule has 20 heavy (non-hydrogen) atoms. The Labute approximate surface area is 126 Å². The fraction of sp³-hybridized carbons (Fsp3) is 0.267. The van der Waals surface area contributed by atoms with Crippen molar-refractivity contribution < 1.29 is 9.90 Å². The minimum atomic E-state index is -0.136. The molecule has 2 aromatic heterocycles. The highest BCUT2D eigenvalue weighted by atomic mass is 32.1. The average molecular weight is 305 g/mol. The molecule has 0 aliphatic rings. The number of aliphatic hydroxyl groups is 1. The zero-order valence-electron chi connectivity index (χ0n) is 11.3. The van der Waals surface area contributed by atoms with Crippen LogP contribution in [0.15, 0.2) is 22.9 Å². The number of aliphatic hydroxyl groups excluding tert-OH is 1. The third-order valence-corrected chi connectivity index (χ3v) is 4.67. The van der Waals surface area contributed by atoms with Crippen LogP contribution in [-0.4, -0.2) is 29.6 Å². The fourth-order valence-electron chi connectivity index (χ4n) is 1.76. The highest BCUT2D eigenvalue weighted by molar-refractivity contribution is 7.12. The second kappa shape index (κ2) is 6.71. The highest BCUT2D eigenvalue weighted by Crippen LogP contribution is 2.20. The molecule has 2 rings (SSSR count). The van der Waals surface area contributed by atoms with Crippen LogP contribution in [0.3, 0.4) is 0 Å². The first kappa shape index (κ1) is 14.8. The van der Waals surface area contributed by atoms with Gasteiger partial charge in [-0.05, 0) is 40.9 Å². The van der Waals surface area contributed by atoms with E-state index < -0.39 is 0 Å². The van der Waals surface area contributed by atoms with Gasteiger partial charge >= 0.3 is 0 Å². The van der Waals surface area contributed by atoms with Crippen LogP contribution in [0.2, 0.25) is 0 Å². The molecule has 5 heteroatoms. The SMILES string of the molecule is Cc1ccsc1C(=O)N(C)Cc1csc(C#CCO)c1. The number of thiophene rings is 2. The maximum absolute atomic E-state index is 12.3. The van der Waals surface area contributed by atoms with Gasteiger partial charge < -0.3 is 10.0 Å². The molecule has 0 aliphatic carbocycles. The largest absolute Gasteiger partial charge is 0.384 e. The summed E-state index contributed by atoms with van der Waals surface area (Å²) in [6, 6.07) is 3.91. The number of hydrogen-bond acceptors (Lipinski definition) is 4. The van der Waals surface area contributed by atoms with Gasteiger partial charge in [0.25, 0.3) is 5.91 Å². The Morgan fingerprint density at radius 2 is 2.25 bits per heavy atom. The van der Waals surface area contributed by atoms with E-state index in [9.17, 15) is 4.79 Å². The van der Waals surface area contributed by atoms with E-state index in [1.165, 1.54) is 22.7 Å².